The third-order valence-electron chi connectivity index (χ3n) is 4.55. The normalized spacial score (nSPS) is 18.6. The second-order valence-corrected chi connectivity index (χ2v) is 5.98. The first kappa shape index (κ1) is 16.3. The summed E-state index contributed by atoms with van der Waals surface area (Å²) in [6, 6.07) is 8.72. The lowest BCUT2D eigenvalue weighted by Crippen LogP contribution is -2.37. The van der Waals surface area contributed by atoms with E-state index in [4.69, 9.17) is 4.74 Å². The van der Waals surface area contributed by atoms with Crippen molar-refractivity contribution in [2.45, 2.75) is 39.7 Å². The van der Waals surface area contributed by atoms with Gasteiger partial charge in [-0.25, -0.2) is 0 Å². The van der Waals surface area contributed by atoms with Gasteiger partial charge < -0.3 is 15.0 Å². The second-order valence-electron chi connectivity index (χ2n) is 5.98. The maximum Gasteiger partial charge on any atom is 0.124 e. The van der Waals surface area contributed by atoms with Crippen LogP contribution < -0.4 is 10.1 Å². The molecule has 3 nitrogen and oxygen atoms in total. The number of nitrogens with zero attached hydrogens (tertiary/aromatic N) is 1. The van der Waals surface area contributed by atoms with Crippen molar-refractivity contribution in [1.82, 2.24) is 10.2 Å². The molecular weight excluding hydrogens is 260 g/mol. The summed E-state index contributed by atoms with van der Waals surface area (Å²) in [7, 11) is 0. The highest BCUT2D eigenvalue weighted by atomic mass is 16.5. The molecule has 0 spiro atoms. The van der Waals surface area contributed by atoms with Gasteiger partial charge in [-0.1, -0.05) is 25.1 Å². The zero-order chi connectivity index (χ0) is 15.1. The van der Waals surface area contributed by atoms with Crippen LogP contribution in [0.25, 0.3) is 0 Å². The van der Waals surface area contributed by atoms with Crippen LogP contribution in [0.1, 0.15) is 45.2 Å². The molecule has 0 aromatic heterocycles. The fraction of sp³-hybridized carbons (Fsp3) is 0.667. The molecule has 0 radical (unpaired) electrons. The van der Waals surface area contributed by atoms with E-state index in [0.29, 0.717) is 6.04 Å². The third kappa shape index (κ3) is 4.72. The Kier molecular flexibility index (Phi) is 6.52. The standard InChI is InChI=1S/C18H30N2O/c1-4-20-12-10-16(11-13-20)14-19-15(3)17-8-6-7-9-18(17)21-5-2/h6-9,15-16,19H,4-5,10-14H2,1-3H3. The van der Waals surface area contributed by atoms with E-state index in [9.17, 15) is 0 Å². The van der Waals surface area contributed by atoms with E-state index in [-0.39, 0.29) is 0 Å². The molecule has 1 saturated heterocycles. The van der Waals surface area contributed by atoms with Gasteiger partial charge in [0, 0.05) is 11.6 Å². The minimum absolute atomic E-state index is 0.344. The van der Waals surface area contributed by atoms with Gasteiger partial charge in [0.05, 0.1) is 6.61 Å². The summed E-state index contributed by atoms with van der Waals surface area (Å²) in [4.78, 5) is 2.55. The first-order valence-corrected chi connectivity index (χ1v) is 8.42. The molecule has 2 rings (SSSR count). The van der Waals surface area contributed by atoms with E-state index in [1.54, 1.807) is 0 Å². The van der Waals surface area contributed by atoms with Crippen LogP contribution in [0, 0.1) is 5.92 Å². The minimum Gasteiger partial charge on any atom is -0.494 e. The molecule has 1 unspecified atom stereocenters. The van der Waals surface area contributed by atoms with Crippen molar-refractivity contribution in [3.05, 3.63) is 29.8 Å². The number of nitrogens with one attached hydrogen (secondary N) is 1. The summed E-state index contributed by atoms with van der Waals surface area (Å²) in [5.41, 5.74) is 1.27. The van der Waals surface area contributed by atoms with Crippen molar-refractivity contribution in [3.8, 4) is 5.75 Å². The van der Waals surface area contributed by atoms with E-state index in [1.807, 2.05) is 13.0 Å². The topological polar surface area (TPSA) is 24.5 Å². The SMILES string of the molecule is CCOc1ccccc1C(C)NCC1CCN(CC)CC1. The molecule has 3 heteroatoms. The van der Waals surface area contributed by atoms with Crippen molar-refractivity contribution in [3.63, 3.8) is 0 Å². The van der Waals surface area contributed by atoms with Crippen molar-refractivity contribution in [2.75, 3.05) is 32.8 Å². The maximum atomic E-state index is 5.73. The van der Waals surface area contributed by atoms with Crippen LogP contribution in [0.15, 0.2) is 24.3 Å². The van der Waals surface area contributed by atoms with Crippen LogP contribution in [0.4, 0.5) is 0 Å². The fourth-order valence-corrected chi connectivity index (χ4v) is 3.09. The fourth-order valence-electron chi connectivity index (χ4n) is 3.09. The molecule has 1 aromatic rings. The highest BCUT2D eigenvalue weighted by molar-refractivity contribution is 5.35. The first-order chi connectivity index (χ1) is 10.2. The smallest absolute Gasteiger partial charge is 0.124 e. The molecule has 0 saturated carbocycles. The Bertz CT molecular complexity index is 413. The van der Waals surface area contributed by atoms with E-state index in [0.717, 1.165) is 24.8 Å². The highest BCUT2D eigenvalue weighted by Gasteiger charge is 2.19. The predicted molar refractivity (Wildman–Crippen MR) is 88.9 cm³/mol. The van der Waals surface area contributed by atoms with Crippen LogP contribution in [0.5, 0.6) is 5.75 Å². The summed E-state index contributed by atoms with van der Waals surface area (Å²) in [6.45, 7) is 12.1. The number of rotatable bonds is 7. The molecule has 21 heavy (non-hydrogen) atoms. The predicted octanol–water partition coefficient (Wildman–Crippen LogP) is 3.47. The molecule has 1 N–H and O–H groups in total. The van der Waals surface area contributed by atoms with Crippen LogP contribution in [0.3, 0.4) is 0 Å². The molecule has 1 fully saturated rings. The van der Waals surface area contributed by atoms with Gasteiger partial charge >= 0.3 is 0 Å². The van der Waals surface area contributed by atoms with E-state index >= 15 is 0 Å². The van der Waals surface area contributed by atoms with Gasteiger partial charge in [-0.3, -0.25) is 0 Å². The van der Waals surface area contributed by atoms with Gasteiger partial charge in [0.15, 0.2) is 0 Å². The lowest BCUT2D eigenvalue weighted by Gasteiger charge is -2.32. The van der Waals surface area contributed by atoms with Gasteiger partial charge in [-0.2, -0.15) is 0 Å². The minimum atomic E-state index is 0.344. The Morgan fingerprint density at radius 3 is 2.62 bits per heavy atom. The van der Waals surface area contributed by atoms with Crippen LogP contribution in [-0.2, 0) is 0 Å². The van der Waals surface area contributed by atoms with Gasteiger partial charge in [0.2, 0.25) is 0 Å². The number of para-hydroxylation sites is 1. The summed E-state index contributed by atoms with van der Waals surface area (Å²) in [5, 5.41) is 3.70. The van der Waals surface area contributed by atoms with E-state index in [1.165, 1.54) is 38.0 Å². The average molecular weight is 290 g/mol. The number of likely N-dealkylation sites (tertiary alicyclic amines) is 1. The molecule has 1 aliphatic rings. The number of hydrogen-bond donors (Lipinski definition) is 1. The number of piperidine rings is 1. The van der Waals surface area contributed by atoms with E-state index in [2.05, 4.69) is 42.3 Å². The number of ether oxygens (including phenoxy) is 1. The Hall–Kier alpha value is -1.06. The average Bonchev–Trinajstić information content (AvgIpc) is 2.54. The lowest BCUT2D eigenvalue weighted by molar-refractivity contribution is 0.188. The van der Waals surface area contributed by atoms with Crippen molar-refractivity contribution in [2.24, 2.45) is 5.92 Å². The first-order valence-electron chi connectivity index (χ1n) is 8.42. The summed E-state index contributed by atoms with van der Waals surface area (Å²) in [5.74, 6) is 1.83. The van der Waals surface area contributed by atoms with E-state index < -0.39 is 0 Å². The largest absolute Gasteiger partial charge is 0.494 e. The lowest BCUT2D eigenvalue weighted by atomic mass is 9.96. The summed E-state index contributed by atoms with van der Waals surface area (Å²) in [6.07, 6.45) is 2.64. The molecule has 0 aliphatic carbocycles. The summed E-state index contributed by atoms with van der Waals surface area (Å²) >= 11 is 0. The Labute approximate surface area is 129 Å². The molecule has 0 bridgehead atoms. The molecule has 0 amide bonds. The second kappa shape index (κ2) is 8.40. The van der Waals surface area contributed by atoms with Crippen molar-refractivity contribution < 1.29 is 4.74 Å². The van der Waals surface area contributed by atoms with Crippen LogP contribution in [0.2, 0.25) is 0 Å². The Morgan fingerprint density at radius 1 is 1.24 bits per heavy atom. The Balaban J connectivity index is 1.83. The van der Waals surface area contributed by atoms with Gasteiger partial charge in [-0.05, 0) is 64.9 Å². The van der Waals surface area contributed by atoms with Crippen molar-refractivity contribution in [1.29, 1.82) is 0 Å². The highest BCUT2D eigenvalue weighted by Crippen LogP contribution is 2.25. The molecule has 118 valence electrons. The van der Waals surface area contributed by atoms with Gasteiger partial charge in [0.1, 0.15) is 5.75 Å². The Morgan fingerprint density at radius 2 is 1.95 bits per heavy atom. The molecule has 1 atom stereocenters. The molecular formula is C18H30N2O. The van der Waals surface area contributed by atoms with Gasteiger partial charge in [-0.15, -0.1) is 0 Å². The zero-order valence-corrected chi connectivity index (χ0v) is 13.8. The monoisotopic (exact) mass is 290 g/mol. The zero-order valence-electron chi connectivity index (χ0n) is 13.8. The third-order valence-corrected chi connectivity index (χ3v) is 4.55. The van der Waals surface area contributed by atoms with Crippen molar-refractivity contribution >= 4 is 0 Å². The van der Waals surface area contributed by atoms with Gasteiger partial charge in [0.25, 0.3) is 0 Å². The van der Waals surface area contributed by atoms with Crippen LogP contribution >= 0.6 is 0 Å². The molecule has 1 aromatic carbocycles. The number of benzene rings is 1. The molecule has 1 heterocycles. The summed E-state index contributed by atoms with van der Waals surface area (Å²) < 4.78 is 5.73. The number of hydrogen-bond acceptors (Lipinski definition) is 3. The molecule has 1 aliphatic heterocycles. The quantitative estimate of drug-likeness (QED) is 0.832. The maximum absolute atomic E-state index is 5.73. The van der Waals surface area contributed by atoms with Crippen LogP contribution in [-0.4, -0.2) is 37.7 Å².